The summed E-state index contributed by atoms with van der Waals surface area (Å²) < 4.78 is 6.19. The van der Waals surface area contributed by atoms with Crippen LogP contribution in [0.5, 0.6) is 0 Å². The van der Waals surface area contributed by atoms with Crippen molar-refractivity contribution in [3.63, 3.8) is 0 Å². The summed E-state index contributed by atoms with van der Waals surface area (Å²) in [6.07, 6.45) is -0.424. The Morgan fingerprint density at radius 1 is 1.47 bits per heavy atom. The Bertz CT molecular complexity index is 590. The van der Waals surface area contributed by atoms with Crippen molar-refractivity contribution in [3.05, 3.63) is 34.0 Å². The van der Waals surface area contributed by atoms with Gasteiger partial charge in [-0.3, -0.25) is 4.79 Å². The molecular weight excluding hydrogens is 290 g/mol. The number of amides is 1. The standard InChI is InChI=1S/C11H8BrNO4/c12-8-1-6-3-9(4-13-11(15)16)17-10(6)7(2-8)5-14/h1-3,5,13H,4H2,(H,15,16). The zero-order valence-corrected chi connectivity index (χ0v) is 10.2. The number of carbonyl (C=O) groups is 2. The normalized spacial score (nSPS) is 10.4. The molecule has 1 aromatic heterocycles. The van der Waals surface area contributed by atoms with Crippen LogP contribution in [0.15, 0.2) is 27.1 Å². The number of aldehydes is 1. The molecule has 6 heteroatoms. The van der Waals surface area contributed by atoms with Crippen LogP contribution in [-0.2, 0) is 6.54 Å². The van der Waals surface area contributed by atoms with Gasteiger partial charge in [-0.25, -0.2) is 4.79 Å². The van der Waals surface area contributed by atoms with E-state index < -0.39 is 6.09 Å². The monoisotopic (exact) mass is 297 g/mol. The van der Waals surface area contributed by atoms with E-state index in [4.69, 9.17) is 9.52 Å². The van der Waals surface area contributed by atoms with Crippen LogP contribution in [0.3, 0.4) is 0 Å². The number of benzene rings is 1. The Kier molecular flexibility index (Phi) is 3.14. The van der Waals surface area contributed by atoms with Crippen molar-refractivity contribution >= 4 is 39.3 Å². The van der Waals surface area contributed by atoms with E-state index in [1.807, 2.05) is 0 Å². The lowest BCUT2D eigenvalue weighted by Crippen LogP contribution is -2.19. The molecule has 0 spiro atoms. The first-order chi connectivity index (χ1) is 8.10. The van der Waals surface area contributed by atoms with Gasteiger partial charge < -0.3 is 14.8 Å². The molecule has 1 amide bonds. The van der Waals surface area contributed by atoms with Gasteiger partial charge in [-0.05, 0) is 18.2 Å². The van der Waals surface area contributed by atoms with E-state index in [1.54, 1.807) is 18.2 Å². The molecule has 0 saturated carbocycles. The molecule has 0 fully saturated rings. The highest BCUT2D eigenvalue weighted by Crippen LogP contribution is 2.26. The molecule has 0 aliphatic heterocycles. The molecule has 0 radical (unpaired) electrons. The second kappa shape index (κ2) is 4.58. The first-order valence-corrected chi connectivity index (χ1v) is 5.53. The molecule has 2 aromatic rings. The predicted octanol–water partition coefficient (Wildman–Crippen LogP) is 2.78. The highest BCUT2D eigenvalue weighted by molar-refractivity contribution is 9.10. The number of rotatable bonds is 3. The Balaban J connectivity index is 2.42. The molecule has 2 N–H and O–H groups in total. The summed E-state index contributed by atoms with van der Waals surface area (Å²) in [6.45, 7) is 0.0694. The van der Waals surface area contributed by atoms with Crippen molar-refractivity contribution in [1.29, 1.82) is 0 Å². The predicted molar refractivity (Wildman–Crippen MR) is 64.2 cm³/mol. The minimum absolute atomic E-state index is 0.0694. The average molecular weight is 298 g/mol. The van der Waals surface area contributed by atoms with Gasteiger partial charge >= 0.3 is 6.09 Å². The van der Waals surface area contributed by atoms with Crippen molar-refractivity contribution in [2.45, 2.75) is 6.54 Å². The highest BCUT2D eigenvalue weighted by atomic mass is 79.9. The van der Waals surface area contributed by atoms with Gasteiger partial charge in [0.05, 0.1) is 12.1 Å². The fourth-order valence-corrected chi connectivity index (χ4v) is 2.03. The van der Waals surface area contributed by atoms with Crippen molar-refractivity contribution in [1.82, 2.24) is 5.32 Å². The van der Waals surface area contributed by atoms with E-state index in [0.717, 1.165) is 9.86 Å². The quantitative estimate of drug-likeness (QED) is 0.854. The van der Waals surface area contributed by atoms with E-state index in [9.17, 15) is 9.59 Å². The third-order valence-corrected chi connectivity index (χ3v) is 2.66. The summed E-state index contributed by atoms with van der Waals surface area (Å²) in [5, 5.41) is 11.4. The number of furan rings is 1. The Hall–Kier alpha value is -1.82. The molecule has 17 heavy (non-hydrogen) atoms. The summed E-state index contributed by atoms with van der Waals surface area (Å²) in [4.78, 5) is 21.2. The van der Waals surface area contributed by atoms with E-state index >= 15 is 0 Å². The Morgan fingerprint density at radius 3 is 2.88 bits per heavy atom. The van der Waals surface area contributed by atoms with Gasteiger partial charge in [-0.1, -0.05) is 15.9 Å². The van der Waals surface area contributed by atoms with Crippen LogP contribution in [0, 0.1) is 0 Å². The molecule has 0 saturated heterocycles. The van der Waals surface area contributed by atoms with Crippen LogP contribution < -0.4 is 5.32 Å². The molecule has 0 unspecified atom stereocenters. The first-order valence-electron chi connectivity index (χ1n) is 4.74. The van der Waals surface area contributed by atoms with Crippen LogP contribution in [0.25, 0.3) is 11.0 Å². The summed E-state index contributed by atoms with van der Waals surface area (Å²) >= 11 is 3.29. The molecule has 5 nitrogen and oxygen atoms in total. The minimum atomic E-state index is -1.12. The summed E-state index contributed by atoms with van der Waals surface area (Å²) in [7, 11) is 0. The number of carbonyl (C=O) groups excluding carboxylic acids is 1. The van der Waals surface area contributed by atoms with Crippen molar-refractivity contribution in [2.75, 3.05) is 0 Å². The van der Waals surface area contributed by atoms with Crippen LogP contribution >= 0.6 is 15.9 Å². The Morgan fingerprint density at radius 2 is 2.24 bits per heavy atom. The highest BCUT2D eigenvalue weighted by Gasteiger charge is 2.10. The van der Waals surface area contributed by atoms with Gasteiger partial charge in [-0.2, -0.15) is 0 Å². The lowest BCUT2D eigenvalue weighted by atomic mass is 10.2. The van der Waals surface area contributed by atoms with Gasteiger partial charge in [0.2, 0.25) is 0 Å². The second-order valence-corrected chi connectivity index (χ2v) is 4.32. The van der Waals surface area contributed by atoms with Crippen molar-refractivity contribution in [2.24, 2.45) is 0 Å². The van der Waals surface area contributed by atoms with Crippen molar-refractivity contribution in [3.8, 4) is 0 Å². The number of fused-ring (bicyclic) bond motifs is 1. The van der Waals surface area contributed by atoms with E-state index in [1.165, 1.54) is 0 Å². The SMILES string of the molecule is O=Cc1cc(Br)cc2cc(CNC(=O)O)oc12. The number of halogens is 1. The lowest BCUT2D eigenvalue weighted by molar-refractivity contribution is 0.112. The van der Waals surface area contributed by atoms with Crippen LogP contribution in [0.4, 0.5) is 4.79 Å². The maximum absolute atomic E-state index is 10.9. The van der Waals surface area contributed by atoms with Crippen molar-refractivity contribution < 1.29 is 19.1 Å². The molecule has 0 aliphatic rings. The fourth-order valence-electron chi connectivity index (χ4n) is 1.53. The number of carboxylic acid groups (broad SMARTS) is 1. The molecule has 0 bridgehead atoms. The molecular formula is C11H8BrNO4. The number of hydrogen-bond donors (Lipinski definition) is 2. The minimum Gasteiger partial charge on any atom is -0.465 e. The van der Waals surface area contributed by atoms with E-state index in [0.29, 0.717) is 23.2 Å². The second-order valence-electron chi connectivity index (χ2n) is 3.40. The molecule has 0 aliphatic carbocycles. The van der Waals surface area contributed by atoms with Gasteiger partial charge in [-0.15, -0.1) is 0 Å². The molecule has 88 valence electrons. The third-order valence-electron chi connectivity index (χ3n) is 2.20. The van der Waals surface area contributed by atoms with Gasteiger partial charge in [0.1, 0.15) is 11.3 Å². The zero-order valence-electron chi connectivity index (χ0n) is 8.57. The zero-order chi connectivity index (χ0) is 12.4. The fraction of sp³-hybridized carbons (Fsp3) is 0.0909. The number of hydrogen-bond acceptors (Lipinski definition) is 3. The number of nitrogens with one attached hydrogen (secondary N) is 1. The van der Waals surface area contributed by atoms with Crippen LogP contribution in [-0.4, -0.2) is 17.5 Å². The molecule has 2 rings (SSSR count). The van der Waals surface area contributed by atoms with E-state index in [-0.39, 0.29) is 6.54 Å². The largest absolute Gasteiger partial charge is 0.465 e. The van der Waals surface area contributed by atoms with E-state index in [2.05, 4.69) is 21.2 Å². The summed E-state index contributed by atoms with van der Waals surface area (Å²) in [5.74, 6) is 0.462. The van der Waals surface area contributed by atoms with Gasteiger partial charge in [0.15, 0.2) is 6.29 Å². The van der Waals surface area contributed by atoms with Crippen LogP contribution in [0.2, 0.25) is 0 Å². The topological polar surface area (TPSA) is 79.5 Å². The lowest BCUT2D eigenvalue weighted by Gasteiger charge is -1.96. The molecule has 1 aromatic carbocycles. The molecule has 1 heterocycles. The van der Waals surface area contributed by atoms with Gasteiger partial charge in [0, 0.05) is 9.86 Å². The maximum atomic E-state index is 10.9. The average Bonchev–Trinajstić information content (AvgIpc) is 2.67. The molecule has 0 atom stereocenters. The van der Waals surface area contributed by atoms with Crippen LogP contribution in [0.1, 0.15) is 16.1 Å². The maximum Gasteiger partial charge on any atom is 0.405 e. The summed E-state index contributed by atoms with van der Waals surface area (Å²) in [6, 6.07) is 5.15. The first kappa shape index (κ1) is 11.7. The third kappa shape index (κ3) is 2.47. The smallest absolute Gasteiger partial charge is 0.405 e. The summed E-state index contributed by atoms with van der Waals surface area (Å²) in [5.41, 5.74) is 0.890. The van der Waals surface area contributed by atoms with Gasteiger partial charge in [0.25, 0.3) is 0 Å². The Labute approximate surface area is 105 Å².